The Morgan fingerprint density at radius 1 is 1.32 bits per heavy atom. The third-order valence-electron chi connectivity index (χ3n) is 2.06. The van der Waals surface area contributed by atoms with E-state index in [1.165, 1.54) is 0 Å². The first-order valence-electron chi connectivity index (χ1n) is 5.62. The Kier molecular flexibility index (Phi) is 6.97. The van der Waals surface area contributed by atoms with Gasteiger partial charge in [0.05, 0.1) is 6.61 Å². The largest absolute Gasteiger partial charge is 0.469 e. The monoisotopic (exact) mass is 305 g/mol. The topological polar surface area (TPSA) is 88.0 Å². The Labute approximate surface area is 117 Å². The molecule has 0 amide bonds. The van der Waals surface area contributed by atoms with Gasteiger partial charge in [-0.3, -0.25) is 4.52 Å². The Morgan fingerprint density at radius 2 is 2.00 bits per heavy atom. The first-order chi connectivity index (χ1) is 8.97. The maximum atomic E-state index is 10.4. The van der Waals surface area contributed by atoms with Crippen molar-refractivity contribution in [1.29, 1.82) is 0 Å². The van der Waals surface area contributed by atoms with E-state index >= 15 is 0 Å². The lowest BCUT2D eigenvalue weighted by molar-refractivity contribution is 0.195. The van der Waals surface area contributed by atoms with Crippen LogP contribution in [-0.4, -0.2) is 28.1 Å². The fraction of sp³-hybridized carbons (Fsp3) is 0.364. The van der Waals surface area contributed by atoms with Gasteiger partial charge in [-0.25, -0.2) is 4.57 Å². The highest BCUT2D eigenvalue weighted by Crippen LogP contribution is 2.35. The average Bonchev–Trinajstić information content (AvgIpc) is 2.36. The molecule has 0 bridgehead atoms. The van der Waals surface area contributed by atoms with Gasteiger partial charge in [0.1, 0.15) is 6.61 Å². The van der Waals surface area contributed by atoms with E-state index in [0.29, 0.717) is 19.6 Å². The Bertz CT molecular complexity index is 436. The first-order valence-corrected chi connectivity index (χ1v) is 7.56. The summed E-state index contributed by atoms with van der Waals surface area (Å²) >= 11 is 4.95. The van der Waals surface area contributed by atoms with Gasteiger partial charge >= 0.3 is 7.82 Å². The smallest absolute Gasteiger partial charge is 0.466 e. The summed E-state index contributed by atoms with van der Waals surface area (Å²) in [6.45, 7) is 0.762. The molecule has 0 atom stereocenters. The summed E-state index contributed by atoms with van der Waals surface area (Å²) in [6, 6.07) is 9.59. The lowest BCUT2D eigenvalue weighted by atomic mass is 10.2. The number of ether oxygens (including phenoxy) is 1. The highest BCUT2D eigenvalue weighted by Gasteiger charge is 2.12. The van der Waals surface area contributed by atoms with E-state index in [-0.39, 0.29) is 11.8 Å². The molecular weight excluding hydrogens is 289 g/mol. The quantitative estimate of drug-likeness (QED) is 0.400. The molecule has 0 aromatic heterocycles. The molecule has 106 valence electrons. The van der Waals surface area contributed by atoms with Crippen molar-refractivity contribution in [3.8, 4) is 0 Å². The first kappa shape index (κ1) is 16.1. The van der Waals surface area contributed by atoms with E-state index < -0.39 is 7.82 Å². The molecule has 0 radical (unpaired) electrons. The van der Waals surface area contributed by atoms with Gasteiger partial charge in [-0.1, -0.05) is 30.3 Å². The Morgan fingerprint density at radius 3 is 2.63 bits per heavy atom. The molecule has 3 N–H and O–H groups in total. The van der Waals surface area contributed by atoms with Crippen LogP contribution in [0.1, 0.15) is 12.0 Å². The van der Waals surface area contributed by atoms with Crippen LogP contribution in [-0.2, 0) is 20.4 Å². The molecule has 1 rings (SSSR count). The summed E-state index contributed by atoms with van der Waals surface area (Å²) < 4.78 is 20.0. The number of hydrogen-bond acceptors (Lipinski definition) is 4. The zero-order chi connectivity index (χ0) is 14.1. The van der Waals surface area contributed by atoms with Crippen molar-refractivity contribution in [3.63, 3.8) is 0 Å². The minimum atomic E-state index is -4.37. The molecule has 0 unspecified atom stereocenters. The Hall–Kier alpha value is -0.980. The van der Waals surface area contributed by atoms with Crippen LogP contribution >= 0.6 is 20.0 Å². The van der Waals surface area contributed by atoms with Crippen LogP contribution in [0.2, 0.25) is 0 Å². The average molecular weight is 305 g/mol. The molecule has 0 spiro atoms. The minimum Gasteiger partial charge on any atom is -0.466 e. The van der Waals surface area contributed by atoms with Crippen LogP contribution < -0.4 is 5.32 Å². The molecule has 19 heavy (non-hydrogen) atoms. The van der Waals surface area contributed by atoms with Crippen molar-refractivity contribution in [3.05, 3.63) is 35.9 Å². The third kappa shape index (κ3) is 8.69. The maximum absolute atomic E-state index is 10.4. The van der Waals surface area contributed by atoms with Crippen LogP contribution in [0.4, 0.5) is 0 Å². The second-order valence-corrected chi connectivity index (χ2v) is 5.28. The van der Waals surface area contributed by atoms with Crippen molar-refractivity contribution < 1.29 is 23.6 Å². The SMILES string of the molecule is O=P(O)(O)OCCCNC(=S)OCc1ccccc1. The molecule has 0 saturated heterocycles. The van der Waals surface area contributed by atoms with Gasteiger partial charge in [0.25, 0.3) is 5.17 Å². The normalized spacial score (nSPS) is 11.1. The number of nitrogens with one attached hydrogen (secondary N) is 1. The predicted octanol–water partition coefficient (Wildman–Crippen LogP) is 1.58. The number of benzene rings is 1. The van der Waals surface area contributed by atoms with Crippen molar-refractivity contribution in [1.82, 2.24) is 5.32 Å². The van der Waals surface area contributed by atoms with E-state index in [4.69, 9.17) is 26.7 Å². The molecule has 6 nitrogen and oxygen atoms in total. The van der Waals surface area contributed by atoms with Gasteiger partial charge in [0.15, 0.2) is 0 Å². The highest BCUT2D eigenvalue weighted by atomic mass is 32.1. The fourth-order valence-electron chi connectivity index (χ4n) is 1.22. The van der Waals surface area contributed by atoms with E-state index in [1.54, 1.807) is 0 Å². The molecule has 0 heterocycles. The van der Waals surface area contributed by atoms with Crippen molar-refractivity contribution in [2.45, 2.75) is 13.0 Å². The van der Waals surface area contributed by atoms with Gasteiger partial charge in [-0.15, -0.1) is 0 Å². The van der Waals surface area contributed by atoms with Crippen molar-refractivity contribution in [2.75, 3.05) is 13.2 Å². The van der Waals surface area contributed by atoms with Gasteiger partial charge in [0.2, 0.25) is 0 Å². The van der Waals surface area contributed by atoms with E-state index in [1.807, 2.05) is 30.3 Å². The van der Waals surface area contributed by atoms with Crippen LogP contribution in [0.3, 0.4) is 0 Å². The second-order valence-electron chi connectivity index (χ2n) is 3.67. The number of thiocarbonyl (C=S) groups is 1. The number of phosphoric acid groups is 1. The molecule has 0 aliphatic rings. The van der Waals surface area contributed by atoms with E-state index in [2.05, 4.69) is 9.84 Å². The lowest BCUT2D eigenvalue weighted by Gasteiger charge is -2.10. The number of rotatable bonds is 7. The maximum Gasteiger partial charge on any atom is 0.469 e. The molecule has 0 saturated carbocycles. The van der Waals surface area contributed by atoms with Crippen molar-refractivity contribution >= 4 is 25.2 Å². The summed E-state index contributed by atoms with van der Waals surface area (Å²) in [7, 11) is -4.37. The lowest BCUT2D eigenvalue weighted by Crippen LogP contribution is -2.25. The van der Waals surface area contributed by atoms with Crippen LogP contribution in [0.25, 0.3) is 0 Å². The minimum absolute atomic E-state index is 0.0431. The zero-order valence-corrected chi connectivity index (χ0v) is 11.9. The number of hydrogen-bond donors (Lipinski definition) is 3. The second kappa shape index (κ2) is 8.24. The van der Waals surface area contributed by atoms with Crippen molar-refractivity contribution in [2.24, 2.45) is 0 Å². The predicted molar refractivity (Wildman–Crippen MR) is 74.4 cm³/mol. The van der Waals surface area contributed by atoms with Crippen LogP contribution in [0.5, 0.6) is 0 Å². The molecule has 1 aromatic carbocycles. The summed E-state index contributed by atoms with van der Waals surface area (Å²) in [5, 5.41) is 3.07. The third-order valence-corrected chi connectivity index (χ3v) is 2.84. The highest BCUT2D eigenvalue weighted by molar-refractivity contribution is 7.80. The molecule has 0 aliphatic carbocycles. The molecule has 0 aliphatic heterocycles. The molecule has 8 heteroatoms. The Balaban J connectivity index is 2.07. The number of phosphoric ester groups is 1. The summed E-state index contributed by atoms with van der Waals surface area (Å²) in [5.41, 5.74) is 1.01. The van der Waals surface area contributed by atoms with Gasteiger partial charge in [0, 0.05) is 6.54 Å². The van der Waals surface area contributed by atoms with Crippen LogP contribution in [0, 0.1) is 0 Å². The molecule has 1 aromatic rings. The fourth-order valence-corrected chi connectivity index (χ4v) is 1.75. The standard InChI is InChI=1S/C11H16NO5PS/c13-18(14,15)17-8-4-7-12-11(19)16-9-10-5-2-1-3-6-10/h1-3,5-6H,4,7-9H2,(H,12,19)(H2,13,14,15). The molecular formula is C11H16NO5PS. The van der Waals surface area contributed by atoms with Crippen LogP contribution in [0.15, 0.2) is 30.3 Å². The summed E-state index contributed by atoms with van der Waals surface area (Å²) in [6.07, 6.45) is 0.417. The summed E-state index contributed by atoms with van der Waals surface area (Å²) in [4.78, 5) is 16.9. The van der Waals surface area contributed by atoms with Gasteiger partial charge in [-0.05, 0) is 24.2 Å². The van der Waals surface area contributed by atoms with E-state index in [9.17, 15) is 4.57 Å². The van der Waals surface area contributed by atoms with Gasteiger partial charge < -0.3 is 19.8 Å². The van der Waals surface area contributed by atoms with E-state index in [0.717, 1.165) is 5.56 Å². The molecule has 0 fully saturated rings. The van der Waals surface area contributed by atoms with Gasteiger partial charge in [-0.2, -0.15) is 0 Å². The summed E-state index contributed by atoms with van der Waals surface area (Å²) in [5.74, 6) is 0. The zero-order valence-electron chi connectivity index (χ0n) is 10.2.